The van der Waals surface area contributed by atoms with E-state index in [0.29, 0.717) is 0 Å². The number of hydrogen-bond acceptors (Lipinski definition) is 2. The van der Waals surface area contributed by atoms with Crippen LogP contribution in [0.25, 0.3) is 0 Å². The van der Waals surface area contributed by atoms with Gasteiger partial charge in [0.25, 0.3) is 5.51 Å². The normalized spacial score (nSPS) is 9.23. The standard InChI is InChI=1S/C9H9N2S.ClH/c1-2-4-9(5-3-1)6-11-8-12-7-10-11;/h1-5,7-8H,6H2;1H/q+1;/p-1. The molecule has 0 spiro atoms. The van der Waals surface area contributed by atoms with Crippen LogP contribution in [0, 0.1) is 0 Å². The Morgan fingerprint density at radius 3 is 2.62 bits per heavy atom. The molecule has 0 unspecified atom stereocenters. The molecular formula is C9H9ClN2S. The molecule has 0 bridgehead atoms. The topological polar surface area (TPSA) is 16.8 Å². The second kappa shape index (κ2) is 4.94. The van der Waals surface area contributed by atoms with Crippen LogP contribution in [0.2, 0.25) is 0 Å². The molecule has 68 valence electrons. The van der Waals surface area contributed by atoms with Gasteiger partial charge in [-0.05, 0) is 0 Å². The summed E-state index contributed by atoms with van der Waals surface area (Å²) in [4.78, 5) is 0. The molecule has 0 fully saturated rings. The third-order valence-corrected chi connectivity index (χ3v) is 2.21. The molecule has 0 atom stereocenters. The minimum absolute atomic E-state index is 0. The van der Waals surface area contributed by atoms with Crippen LogP contribution in [0.3, 0.4) is 0 Å². The summed E-state index contributed by atoms with van der Waals surface area (Å²) in [7, 11) is 0. The van der Waals surface area contributed by atoms with Crippen LogP contribution in [0.4, 0.5) is 0 Å². The fourth-order valence-electron chi connectivity index (χ4n) is 1.06. The predicted octanol–water partition coefficient (Wildman–Crippen LogP) is -1.52. The largest absolute Gasteiger partial charge is 1.00 e. The Labute approximate surface area is 87.3 Å². The molecular weight excluding hydrogens is 204 g/mol. The van der Waals surface area contributed by atoms with E-state index in [-0.39, 0.29) is 12.4 Å². The monoisotopic (exact) mass is 212 g/mol. The first-order valence-electron chi connectivity index (χ1n) is 3.77. The summed E-state index contributed by atoms with van der Waals surface area (Å²) in [6.45, 7) is 0.865. The highest BCUT2D eigenvalue weighted by Crippen LogP contribution is 1.97. The lowest BCUT2D eigenvalue weighted by molar-refractivity contribution is -0.740. The van der Waals surface area contributed by atoms with Crippen molar-refractivity contribution < 1.29 is 17.1 Å². The van der Waals surface area contributed by atoms with Gasteiger partial charge in [-0.2, -0.15) is 0 Å². The molecule has 1 aromatic heterocycles. The second-order valence-electron chi connectivity index (χ2n) is 2.55. The average Bonchev–Trinajstić information content (AvgIpc) is 2.59. The third-order valence-electron chi connectivity index (χ3n) is 1.63. The summed E-state index contributed by atoms with van der Waals surface area (Å²) in [6, 6.07) is 10.3. The predicted molar refractivity (Wildman–Crippen MR) is 47.9 cm³/mol. The maximum absolute atomic E-state index is 4.15. The fraction of sp³-hybridized carbons (Fsp3) is 0.111. The molecule has 4 heteroatoms. The zero-order valence-electron chi connectivity index (χ0n) is 6.93. The Morgan fingerprint density at radius 1 is 1.23 bits per heavy atom. The van der Waals surface area contributed by atoms with Crippen LogP contribution in [-0.4, -0.2) is 5.10 Å². The van der Waals surface area contributed by atoms with Crippen molar-refractivity contribution in [3.05, 3.63) is 46.9 Å². The number of hydrogen-bond donors (Lipinski definition) is 0. The minimum Gasteiger partial charge on any atom is -1.00 e. The van der Waals surface area contributed by atoms with Crippen molar-refractivity contribution in [1.29, 1.82) is 0 Å². The average molecular weight is 213 g/mol. The Balaban J connectivity index is 0.000000845. The Kier molecular flexibility index (Phi) is 3.86. The molecule has 2 nitrogen and oxygen atoms in total. The van der Waals surface area contributed by atoms with Gasteiger partial charge in [-0.3, -0.25) is 0 Å². The van der Waals surface area contributed by atoms with Gasteiger partial charge in [0.2, 0.25) is 6.54 Å². The molecule has 0 aliphatic rings. The fourth-order valence-corrected chi connectivity index (χ4v) is 1.56. The minimum atomic E-state index is 0. The van der Waals surface area contributed by atoms with E-state index in [9.17, 15) is 0 Å². The molecule has 0 aliphatic heterocycles. The molecule has 1 heterocycles. The molecule has 13 heavy (non-hydrogen) atoms. The highest BCUT2D eigenvalue weighted by Gasteiger charge is 2.02. The van der Waals surface area contributed by atoms with Gasteiger partial charge in [0.15, 0.2) is 5.51 Å². The van der Waals surface area contributed by atoms with E-state index < -0.39 is 0 Å². The molecule has 0 amide bonds. The highest BCUT2D eigenvalue weighted by molar-refractivity contribution is 7.06. The zero-order chi connectivity index (χ0) is 8.23. The molecule has 1 aromatic carbocycles. The van der Waals surface area contributed by atoms with E-state index in [0.717, 1.165) is 6.54 Å². The van der Waals surface area contributed by atoms with Crippen LogP contribution in [0.1, 0.15) is 5.56 Å². The molecule has 2 aromatic rings. The molecule has 0 radical (unpaired) electrons. The van der Waals surface area contributed by atoms with Gasteiger partial charge >= 0.3 is 0 Å². The molecule has 0 aliphatic carbocycles. The summed E-state index contributed by atoms with van der Waals surface area (Å²) in [5.74, 6) is 0. The molecule has 0 N–H and O–H groups in total. The lowest BCUT2D eigenvalue weighted by Crippen LogP contribution is -3.00. The maximum atomic E-state index is 4.15. The van der Waals surface area contributed by atoms with Crippen LogP contribution >= 0.6 is 11.3 Å². The van der Waals surface area contributed by atoms with Crippen LogP contribution < -0.4 is 17.1 Å². The molecule has 0 saturated carbocycles. The molecule has 2 rings (SSSR count). The summed E-state index contributed by atoms with van der Waals surface area (Å²) in [5.41, 5.74) is 5.13. The van der Waals surface area contributed by atoms with Crippen molar-refractivity contribution in [2.24, 2.45) is 0 Å². The van der Waals surface area contributed by atoms with Crippen molar-refractivity contribution in [1.82, 2.24) is 5.10 Å². The van der Waals surface area contributed by atoms with Crippen molar-refractivity contribution in [3.8, 4) is 0 Å². The van der Waals surface area contributed by atoms with Gasteiger partial charge in [0, 0.05) is 10.7 Å². The van der Waals surface area contributed by atoms with E-state index in [1.165, 1.54) is 5.56 Å². The van der Waals surface area contributed by atoms with Gasteiger partial charge in [-0.25, -0.2) is 0 Å². The summed E-state index contributed by atoms with van der Waals surface area (Å²) in [6.07, 6.45) is 0. The Morgan fingerprint density at radius 2 is 2.00 bits per heavy atom. The first-order valence-corrected chi connectivity index (χ1v) is 4.71. The van der Waals surface area contributed by atoms with Crippen molar-refractivity contribution >= 4 is 11.3 Å². The van der Waals surface area contributed by atoms with Gasteiger partial charge in [0.1, 0.15) is 0 Å². The first kappa shape index (κ1) is 10.2. The van der Waals surface area contributed by atoms with E-state index in [1.807, 2.05) is 33.9 Å². The van der Waals surface area contributed by atoms with E-state index in [2.05, 4.69) is 17.2 Å². The van der Waals surface area contributed by atoms with E-state index >= 15 is 0 Å². The second-order valence-corrected chi connectivity index (χ2v) is 3.24. The van der Waals surface area contributed by atoms with Crippen molar-refractivity contribution in [2.75, 3.05) is 0 Å². The SMILES string of the molecule is [Cl-].c1ccc(C[n+]2cscn2)cc1. The summed E-state index contributed by atoms with van der Waals surface area (Å²) in [5, 5.41) is 4.15. The van der Waals surface area contributed by atoms with Crippen molar-refractivity contribution in [3.63, 3.8) is 0 Å². The van der Waals surface area contributed by atoms with Crippen molar-refractivity contribution in [2.45, 2.75) is 6.54 Å². The number of aromatic nitrogens is 2. The zero-order valence-corrected chi connectivity index (χ0v) is 8.50. The number of nitrogens with zero attached hydrogens (tertiary/aromatic N) is 2. The van der Waals surface area contributed by atoms with E-state index in [1.54, 1.807) is 11.3 Å². The van der Waals surface area contributed by atoms with Gasteiger partial charge in [-0.15, -0.1) is 0 Å². The quantitative estimate of drug-likeness (QED) is 0.553. The summed E-state index contributed by atoms with van der Waals surface area (Å²) < 4.78 is 1.93. The lowest BCUT2D eigenvalue weighted by atomic mass is 10.2. The van der Waals surface area contributed by atoms with E-state index in [4.69, 9.17) is 0 Å². The number of benzene rings is 1. The van der Waals surface area contributed by atoms with Crippen LogP contribution in [0.15, 0.2) is 41.4 Å². The lowest BCUT2D eigenvalue weighted by Gasteiger charge is -1.90. The number of halogens is 1. The first-order chi connectivity index (χ1) is 5.95. The smallest absolute Gasteiger partial charge is 0.253 e. The molecule has 0 saturated heterocycles. The Bertz CT molecular complexity index is 334. The van der Waals surface area contributed by atoms with Gasteiger partial charge in [-0.1, -0.05) is 46.4 Å². The number of rotatable bonds is 2. The van der Waals surface area contributed by atoms with Gasteiger partial charge < -0.3 is 12.4 Å². The third kappa shape index (κ3) is 2.79. The van der Waals surface area contributed by atoms with Crippen LogP contribution in [-0.2, 0) is 6.54 Å². The summed E-state index contributed by atoms with van der Waals surface area (Å²) >= 11 is 1.61. The van der Waals surface area contributed by atoms with Crippen LogP contribution in [0.5, 0.6) is 0 Å². The maximum Gasteiger partial charge on any atom is 0.253 e. The van der Waals surface area contributed by atoms with Gasteiger partial charge in [0.05, 0.1) is 0 Å². The highest BCUT2D eigenvalue weighted by atomic mass is 35.5. The Hall–Kier alpha value is -0.930.